The lowest BCUT2D eigenvalue weighted by atomic mass is 9.87. The van der Waals surface area contributed by atoms with Crippen molar-refractivity contribution in [2.75, 3.05) is 7.11 Å². The zero-order valence-corrected chi connectivity index (χ0v) is 13.7. The molecule has 0 aliphatic heterocycles. The number of benzene rings is 2. The van der Waals surface area contributed by atoms with Crippen molar-refractivity contribution in [1.82, 2.24) is 0 Å². The van der Waals surface area contributed by atoms with E-state index in [1.807, 2.05) is 43.3 Å². The minimum atomic E-state index is -0.383. The highest BCUT2D eigenvalue weighted by Gasteiger charge is 2.21. The molecule has 0 saturated carbocycles. The average Bonchev–Trinajstić information content (AvgIpc) is 2.42. The van der Waals surface area contributed by atoms with Crippen molar-refractivity contribution in [2.24, 2.45) is 5.73 Å². The summed E-state index contributed by atoms with van der Waals surface area (Å²) in [6.07, 6.45) is 1.45. The maximum Gasteiger partial charge on any atom is 0.118 e. The highest BCUT2D eigenvalue weighted by molar-refractivity contribution is 6.35. The van der Waals surface area contributed by atoms with Gasteiger partial charge in [0.1, 0.15) is 5.75 Å². The Bertz CT molecular complexity index is 609. The lowest BCUT2D eigenvalue weighted by Gasteiger charge is -2.25. The lowest BCUT2D eigenvalue weighted by molar-refractivity contribution is 0.414. The second-order valence-corrected chi connectivity index (χ2v) is 6.44. The van der Waals surface area contributed by atoms with Crippen molar-refractivity contribution < 1.29 is 4.74 Å². The molecule has 0 spiro atoms. The average molecular weight is 324 g/mol. The first-order chi connectivity index (χ1) is 9.89. The fourth-order valence-electron chi connectivity index (χ4n) is 2.37. The highest BCUT2D eigenvalue weighted by Crippen LogP contribution is 2.25. The zero-order valence-electron chi connectivity index (χ0n) is 12.2. The minimum absolute atomic E-state index is 0.383. The molecule has 4 heteroatoms. The molecule has 2 nitrogen and oxygen atoms in total. The summed E-state index contributed by atoms with van der Waals surface area (Å²) in [6.45, 7) is 2.03. The Kier molecular flexibility index (Phi) is 5.15. The molecule has 0 heterocycles. The Morgan fingerprint density at radius 2 is 1.71 bits per heavy atom. The molecule has 2 aromatic rings. The first-order valence-corrected chi connectivity index (χ1v) is 7.51. The molecular weight excluding hydrogens is 305 g/mol. The zero-order chi connectivity index (χ0) is 15.5. The van der Waals surface area contributed by atoms with Crippen LogP contribution < -0.4 is 10.5 Å². The van der Waals surface area contributed by atoms with Gasteiger partial charge < -0.3 is 10.5 Å². The largest absolute Gasteiger partial charge is 0.497 e. The maximum absolute atomic E-state index is 6.44. The van der Waals surface area contributed by atoms with Gasteiger partial charge in [-0.2, -0.15) is 0 Å². The molecule has 1 atom stereocenters. The van der Waals surface area contributed by atoms with Gasteiger partial charge in [0.2, 0.25) is 0 Å². The third kappa shape index (κ3) is 4.63. The van der Waals surface area contributed by atoms with E-state index < -0.39 is 0 Å². The predicted molar refractivity (Wildman–Crippen MR) is 89.5 cm³/mol. The Morgan fingerprint density at radius 3 is 2.29 bits per heavy atom. The summed E-state index contributed by atoms with van der Waals surface area (Å²) >= 11 is 12.1. The summed E-state index contributed by atoms with van der Waals surface area (Å²) in [6, 6.07) is 13.5. The Balaban J connectivity index is 2.10. The number of ether oxygens (including phenoxy) is 1. The van der Waals surface area contributed by atoms with Crippen LogP contribution in [0.25, 0.3) is 0 Å². The Morgan fingerprint density at radius 1 is 1.05 bits per heavy atom. The van der Waals surface area contributed by atoms with Gasteiger partial charge in [-0.1, -0.05) is 41.4 Å². The Labute approximate surface area is 135 Å². The van der Waals surface area contributed by atoms with E-state index >= 15 is 0 Å². The molecule has 21 heavy (non-hydrogen) atoms. The SMILES string of the molecule is COc1ccc(CC(C)(N)Cc2ccc(Cl)cc2Cl)cc1. The van der Waals surface area contributed by atoms with E-state index in [0.29, 0.717) is 16.5 Å². The van der Waals surface area contributed by atoms with Crippen molar-refractivity contribution >= 4 is 23.2 Å². The van der Waals surface area contributed by atoms with Crippen molar-refractivity contribution in [3.8, 4) is 5.75 Å². The first-order valence-electron chi connectivity index (χ1n) is 6.75. The normalized spacial score (nSPS) is 13.8. The number of hydrogen-bond donors (Lipinski definition) is 1. The fraction of sp³-hybridized carbons (Fsp3) is 0.294. The molecule has 0 aliphatic rings. The fourth-order valence-corrected chi connectivity index (χ4v) is 2.85. The van der Waals surface area contributed by atoms with Gasteiger partial charge in [0.25, 0.3) is 0 Å². The maximum atomic E-state index is 6.44. The van der Waals surface area contributed by atoms with E-state index in [-0.39, 0.29) is 5.54 Å². The van der Waals surface area contributed by atoms with Gasteiger partial charge in [-0.15, -0.1) is 0 Å². The molecule has 0 aromatic heterocycles. The standard InChI is InChI=1S/C17H19Cl2NO/c1-17(20,10-12-3-7-15(21-2)8-4-12)11-13-5-6-14(18)9-16(13)19/h3-9H,10-11,20H2,1-2H3. The summed E-state index contributed by atoms with van der Waals surface area (Å²) in [5.41, 5.74) is 8.24. The molecule has 2 N–H and O–H groups in total. The van der Waals surface area contributed by atoms with Crippen LogP contribution >= 0.6 is 23.2 Å². The van der Waals surface area contributed by atoms with Crippen LogP contribution in [-0.4, -0.2) is 12.6 Å². The Hall–Kier alpha value is -1.22. The van der Waals surface area contributed by atoms with Crippen molar-refractivity contribution in [1.29, 1.82) is 0 Å². The number of nitrogens with two attached hydrogens (primary N) is 1. The van der Waals surface area contributed by atoms with Gasteiger partial charge in [-0.3, -0.25) is 0 Å². The van der Waals surface area contributed by atoms with E-state index in [0.717, 1.165) is 17.7 Å². The van der Waals surface area contributed by atoms with Crippen molar-refractivity contribution in [2.45, 2.75) is 25.3 Å². The predicted octanol–water partition coefficient (Wildman–Crippen LogP) is 4.50. The number of rotatable bonds is 5. The molecule has 112 valence electrons. The van der Waals surface area contributed by atoms with Gasteiger partial charge in [0, 0.05) is 15.6 Å². The van der Waals surface area contributed by atoms with Crippen molar-refractivity contribution in [3.05, 3.63) is 63.6 Å². The van der Waals surface area contributed by atoms with Crippen LogP contribution in [-0.2, 0) is 12.8 Å². The first kappa shape index (κ1) is 16.2. The van der Waals surface area contributed by atoms with Crippen molar-refractivity contribution in [3.63, 3.8) is 0 Å². The second kappa shape index (κ2) is 6.69. The van der Waals surface area contributed by atoms with Crippen LogP contribution in [0.4, 0.5) is 0 Å². The molecule has 2 aromatic carbocycles. The van der Waals surface area contributed by atoms with Crippen LogP contribution in [0.3, 0.4) is 0 Å². The molecule has 0 radical (unpaired) electrons. The number of halogens is 2. The monoisotopic (exact) mass is 323 g/mol. The molecule has 0 aliphatic carbocycles. The molecule has 0 saturated heterocycles. The van der Waals surface area contributed by atoms with Crippen LogP contribution in [0, 0.1) is 0 Å². The van der Waals surface area contributed by atoms with E-state index in [2.05, 4.69) is 0 Å². The summed E-state index contributed by atoms with van der Waals surface area (Å²) in [5.74, 6) is 0.846. The molecule has 1 unspecified atom stereocenters. The number of hydrogen-bond acceptors (Lipinski definition) is 2. The van der Waals surface area contributed by atoms with E-state index in [9.17, 15) is 0 Å². The molecule has 0 bridgehead atoms. The second-order valence-electron chi connectivity index (χ2n) is 5.59. The van der Waals surface area contributed by atoms with E-state index in [1.54, 1.807) is 13.2 Å². The van der Waals surface area contributed by atoms with Crippen LogP contribution in [0.2, 0.25) is 10.0 Å². The summed E-state index contributed by atoms with van der Waals surface area (Å²) in [7, 11) is 1.66. The number of methoxy groups -OCH3 is 1. The van der Waals surface area contributed by atoms with Gasteiger partial charge in [-0.25, -0.2) is 0 Å². The third-order valence-corrected chi connectivity index (χ3v) is 3.96. The highest BCUT2D eigenvalue weighted by atomic mass is 35.5. The van der Waals surface area contributed by atoms with E-state index in [1.165, 1.54) is 5.56 Å². The van der Waals surface area contributed by atoms with Gasteiger partial charge in [0.05, 0.1) is 7.11 Å². The van der Waals surface area contributed by atoms with Gasteiger partial charge in [0.15, 0.2) is 0 Å². The van der Waals surface area contributed by atoms with Gasteiger partial charge >= 0.3 is 0 Å². The van der Waals surface area contributed by atoms with Crippen LogP contribution in [0.1, 0.15) is 18.1 Å². The third-order valence-electron chi connectivity index (χ3n) is 3.38. The topological polar surface area (TPSA) is 35.2 Å². The summed E-state index contributed by atoms with van der Waals surface area (Å²) in [5, 5.41) is 1.30. The smallest absolute Gasteiger partial charge is 0.118 e. The van der Waals surface area contributed by atoms with E-state index in [4.69, 9.17) is 33.7 Å². The molecule has 0 fully saturated rings. The quantitative estimate of drug-likeness (QED) is 0.878. The molecular formula is C17H19Cl2NO. The molecule has 2 rings (SSSR count). The summed E-state index contributed by atoms with van der Waals surface area (Å²) < 4.78 is 5.16. The van der Waals surface area contributed by atoms with Crippen LogP contribution in [0.5, 0.6) is 5.75 Å². The molecule has 0 amide bonds. The minimum Gasteiger partial charge on any atom is -0.497 e. The van der Waals surface area contributed by atoms with Crippen LogP contribution in [0.15, 0.2) is 42.5 Å². The lowest BCUT2D eigenvalue weighted by Crippen LogP contribution is -2.41. The van der Waals surface area contributed by atoms with Gasteiger partial charge in [-0.05, 0) is 55.2 Å². The summed E-state index contributed by atoms with van der Waals surface area (Å²) in [4.78, 5) is 0.